The summed E-state index contributed by atoms with van der Waals surface area (Å²) in [7, 11) is -3.30. The van der Waals surface area contributed by atoms with E-state index in [4.69, 9.17) is 8.94 Å². The summed E-state index contributed by atoms with van der Waals surface area (Å²) in [5.74, 6) is 1.99. The van der Waals surface area contributed by atoms with Crippen molar-refractivity contribution in [1.82, 2.24) is 15.5 Å². The molecule has 1 aliphatic carbocycles. The molecule has 12 heteroatoms. The molecule has 1 saturated heterocycles. The van der Waals surface area contributed by atoms with Crippen molar-refractivity contribution >= 4 is 27.5 Å². The van der Waals surface area contributed by atoms with Crippen molar-refractivity contribution in [2.75, 3.05) is 23.5 Å². The van der Waals surface area contributed by atoms with Gasteiger partial charge in [-0.3, -0.25) is 9.59 Å². The zero-order valence-electron chi connectivity index (χ0n) is 20.6. The Kier molecular flexibility index (Phi) is 8.13. The molecule has 1 amide bonds. The van der Waals surface area contributed by atoms with Crippen molar-refractivity contribution < 1.29 is 27.3 Å². The van der Waals surface area contributed by atoms with Gasteiger partial charge in [0.25, 0.3) is 0 Å². The van der Waals surface area contributed by atoms with Gasteiger partial charge < -0.3 is 19.4 Å². The number of hydrogen-bond acceptors (Lipinski definition) is 10. The van der Waals surface area contributed by atoms with Crippen molar-refractivity contribution in [2.24, 2.45) is 0 Å². The van der Waals surface area contributed by atoms with Crippen LogP contribution in [0.25, 0.3) is 0 Å². The highest BCUT2D eigenvalue weighted by atomic mass is 32.2. The Labute approximate surface area is 214 Å². The van der Waals surface area contributed by atoms with E-state index in [0.717, 1.165) is 43.4 Å². The maximum absolute atomic E-state index is 13.4. The number of aromatic hydroxyl groups is 1. The minimum Gasteiger partial charge on any atom is -0.502 e. The van der Waals surface area contributed by atoms with E-state index in [1.165, 1.54) is 6.07 Å². The second kappa shape index (κ2) is 11.0. The third kappa shape index (κ3) is 6.31. The Bertz CT molecular complexity index is 1240. The Morgan fingerprint density at radius 1 is 1.31 bits per heavy atom. The largest absolute Gasteiger partial charge is 0.502 e. The third-order valence-electron chi connectivity index (χ3n) is 7.06. The van der Waals surface area contributed by atoms with Crippen molar-refractivity contribution in [3.8, 4) is 5.75 Å². The number of aromatic nitrogens is 2. The molecule has 198 valence electrons. The first kappa shape index (κ1) is 26.7. The fraction of sp³-hybridized carbons (Fsp3) is 0.667. The topological polar surface area (TPSA) is 153 Å². The van der Waals surface area contributed by atoms with Gasteiger partial charge in [0.05, 0.1) is 5.75 Å². The van der Waals surface area contributed by atoms with Crippen LogP contribution in [0.4, 0.5) is 0 Å². The lowest BCUT2D eigenvalue weighted by Gasteiger charge is -2.36. The predicted molar refractivity (Wildman–Crippen MR) is 135 cm³/mol. The summed E-state index contributed by atoms with van der Waals surface area (Å²) < 4.78 is 35.0. The van der Waals surface area contributed by atoms with Crippen LogP contribution in [0.2, 0.25) is 0 Å². The van der Waals surface area contributed by atoms with E-state index in [0.29, 0.717) is 24.4 Å². The number of aryl methyl sites for hydroxylation is 1. The Morgan fingerprint density at radius 3 is 2.67 bits per heavy atom. The number of sulfone groups is 1. The third-order valence-corrected chi connectivity index (χ3v) is 9.03. The molecule has 10 nitrogen and oxygen atoms in total. The molecule has 2 fully saturated rings. The van der Waals surface area contributed by atoms with E-state index in [1.54, 1.807) is 18.7 Å². The number of nitrogens with one attached hydrogen (secondary N) is 1. The van der Waals surface area contributed by atoms with Crippen molar-refractivity contribution in [2.45, 2.75) is 75.7 Å². The Balaban J connectivity index is 1.58. The number of nitrogens with zero attached hydrogens (tertiary/aromatic N) is 2. The fourth-order valence-corrected chi connectivity index (χ4v) is 7.03. The highest BCUT2D eigenvalue weighted by Gasteiger charge is 2.42. The molecule has 4 rings (SSSR count). The van der Waals surface area contributed by atoms with E-state index in [-0.39, 0.29) is 42.1 Å². The van der Waals surface area contributed by atoms with Gasteiger partial charge in [-0.05, 0) is 50.5 Å². The van der Waals surface area contributed by atoms with Crippen LogP contribution in [0.3, 0.4) is 0 Å². The molecule has 2 aliphatic rings. The number of rotatable bonds is 9. The van der Waals surface area contributed by atoms with Crippen LogP contribution in [0.5, 0.6) is 5.75 Å². The van der Waals surface area contributed by atoms with Crippen LogP contribution in [0.1, 0.15) is 86.6 Å². The summed E-state index contributed by atoms with van der Waals surface area (Å²) in [6.07, 6.45) is 6.45. The molecule has 2 aromatic rings. The second-order valence-electron chi connectivity index (χ2n) is 9.98. The SMILES string of the molecule is Cc1cc(=O)c(O)c(C2(CC(=O)NC(CCS(C)(=O)=O)c3nc(C4CCCC4)no3)CCSCC2)o1. The van der Waals surface area contributed by atoms with Gasteiger partial charge in [0.2, 0.25) is 23.0 Å². The molecule has 2 N–H and O–H groups in total. The molecule has 0 aromatic carbocycles. The number of carbonyl (C=O) groups is 1. The molecule has 3 heterocycles. The van der Waals surface area contributed by atoms with Crippen LogP contribution >= 0.6 is 11.8 Å². The quantitative estimate of drug-likeness (QED) is 0.486. The summed E-state index contributed by atoms with van der Waals surface area (Å²) in [5, 5.41) is 17.5. The number of amides is 1. The standard InChI is InChI=1S/C24H33N3O7S2/c1-15-13-18(28)20(30)21(33-15)24(8-10-35-11-9-24)14-19(29)25-17(7-12-36(2,31)32)23-26-22(27-34-23)16-5-3-4-6-16/h13,16-17,30H,3-12,14H2,1-2H3,(H,25,29). The molecule has 1 saturated carbocycles. The van der Waals surface area contributed by atoms with Crippen molar-refractivity contribution in [1.29, 1.82) is 0 Å². The van der Waals surface area contributed by atoms with Gasteiger partial charge in [0.15, 0.2) is 11.6 Å². The van der Waals surface area contributed by atoms with Crippen LogP contribution in [0, 0.1) is 6.92 Å². The van der Waals surface area contributed by atoms with Gasteiger partial charge in [-0.1, -0.05) is 18.0 Å². The molecule has 0 radical (unpaired) electrons. The smallest absolute Gasteiger partial charge is 0.249 e. The fourth-order valence-electron chi connectivity index (χ4n) is 5.09. The Morgan fingerprint density at radius 2 is 2.00 bits per heavy atom. The lowest BCUT2D eigenvalue weighted by molar-refractivity contribution is -0.123. The molecule has 36 heavy (non-hydrogen) atoms. The molecule has 2 aromatic heterocycles. The average Bonchev–Trinajstić information content (AvgIpc) is 3.51. The highest BCUT2D eigenvalue weighted by Crippen LogP contribution is 2.44. The van der Waals surface area contributed by atoms with E-state index < -0.39 is 32.5 Å². The summed E-state index contributed by atoms with van der Waals surface area (Å²) in [6, 6.07) is 0.450. The van der Waals surface area contributed by atoms with Gasteiger partial charge in [-0.2, -0.15) is 16.7 Å². The van der Waals surface area contributed by atoms with E-state index in [9.17, 15) is 23.1 Å². The zero-order valence-corrected chi connectivity index (χ0v) is 22.3. The van der Waals surface area contributed by atoms with E-state index >= 15 is 0 Å². The number of carbonyl (C=O) groups excluding carboxylic acids is 1. The molecule has 1 aliphatic heterocycles. The lowest BCUT2D eigenvalue weighted by Crippen LogP contribution is -2.40. The molecule has 0 bridgehead atoms. The van der Waals surface area contributed by atoms with Gasteiger partial charge in [-0.25, -0.2) is 8.42 Å². The van der Waals surface area contributed by atoms with E-state index in [2.05, 4.69) is 15.5 Å². The van der Waals surface area contributed by atoms with Gasteiger partial charge in [0.1, 0.15) is 21.6 Å². The number of thioether (sulfide) groups is 1. The zero-order chi connectivity index (χ0) is 25.9. The molecule has 1 atom stereocenters. The normalized spacial score (nSPS) is 19.3. The summed E-state index contributed by atoms with van der Waals surface area (Å²) in [5.41, 5.74) is -1.39. The average molecular weight is 540 g/mol. The number of hydrogen-bond donors (Lipinski definition) is 2. The highest BCUT2D eigenvalue weighted by molar-refractivity contribution is 7.99. The van der Waals surface area contributed by atoms with E-state index in [1.807, 2.05) is 0 Å². The van der Waals surface area contributed by atoms with Crippen LogP contribution < -0.4 is 10.7 Å². The maximum Gasteiger partial charge on any atom is 0.249 e. The molecule has 1 unspecified atom stereocenters. The molecular weight excluding hydrogens is 506 g/mol. The first-order valence-electron chi connectivity index (χ1n) is 12.3. The second-order valence-corrected chi connectivity index (χ2v) is 13.5. The van der Waals surface area contributed by atoms with Gasteiger partial charge in [0, 0.05) is 30.1 Å². The van der Waals surface area contributed by atoms with Crippen LogP contribution in [-0.4, -0.2) is 53.1 Å². The first-order chi connectivity index (χ1) is 17.1. The summed E-state index contributed by atoms with van der Waals surface area (Å²) in [6.45, 7) is 1.63. The van der Waals surface area contributed by atoms with Crippen LogP contribution in [0.15, 0.2) is 19.8 Å². The van der Waals surface area contributed by atoms with Gasteiger partial charge >= 0.3 is 0 Å². The first-order valence-corrected chi connectivity index (χ1v) is 15.5. The van der Waals surface area contributed by atoms with Crippen molar-refractivity contribution in [3.05, 3.63) is 39.5 Å². The predicted octanol–water partition coefficient (Wildman–Crippen LogP) is 3.14. The molecule has 0 spiro atoms. The molecular formula is C24H33N3O7S2. The van der Waals surface area contributed by atoms with Crippen LogP contribution in [-0.2, 0) is 20.0 Å². The minimum absolute atomic E-state index is 0.0352. The van der Waals surface area contributed by atoms with Gasteiger partial charge in [-0.15, -0.1) is 0 Å². The maximum atomic E-state index is 13.4. The monoisotopic (exact) mass is 539 g/mol. The Hall–Kier alpha value is -2.34. The summed E-state index contributed by atoms with van der Waals surface area (Å²) in [4.78, 5) is 30.2. The lowest BCUT2D eigenvalue weighted by atomic mass is 9.75. The minimum atomic E-state index is -3.30. The summed E-state index contributed by atoms with van der Waals surface area (Å²) >= 11 is 1.74. The van der Waals surface area contributed by atoms with Crippen molar-refractivity contribution in [3.63, 3.8) is 0 Å².